The highest BCUT2D eigenvalue weighted by molar-refractivity contribution is 8.08. The summed E-state index contributed by atoms with van der Waals surface area (Å²) in [6.07, 6.45) is 4.17. The van der Waals surface area contributed by atoms with E-state index in [1.54, 1.807) is 11.8 Å². The Hall–Kier alpha value is -2.23. The normalized spacial score (nSPS) is 16.4. The zero-order chi connectivity index (χ0) is 17.9. The Kier molecular flexibility index (Phi) is 5.00. The molecule has 0 spiro atoms. The van der Waals surface area contributed by atoms with Crippen LogP contribution in [0.15, 0.2) is 36.1 Å². The van der Waals surface area contributed by atoms with Gasteiger partial charge in [-0.15, -0.1) is 23.1 Å². The van der Waals surface area contributed by atoms with Crippen LogP contribution in [-0.4, -0.2) is 18.3 Å². The van der Waals surface area contributed by atoms with E-state index in [9.17, 15) is 10.1 Å². The second kappa shape index (κ2) is 7.56. The molecule has 0 saturated carbocycles. The van der Waals surface area contributed by atoms with Crippen LogP contribution in [-0.2, 0) is 22.4 Å². The number of hydrogen-bond acceptors (Lipinski definition) is 5. The molecule has 2 aromatic rings. The van der Waals surface area contributed by atoms with Crippen molar-refractivity contribution in [3.8, 4) is 6.07 Å². The summed E-state index contributed by atoms with van der Waals surface area (Å²) in [5.41, 5.74) is 2.73. The van der Waals surface area contributed by atoms with E-state index in [2.05, 4.69) is 11.4 Å². The van der Waals surface area contributed by atoms with Gasteiger partial charge in [0.25, 0.3) is 5.91 Å². The highest BCUT2D eigenvalue weighted by atomic mass is 32.2. The fourth-order valence-corrected chi connectivity index (χ4v) is 5.51. The maximum Gasteiger partial charge on any atom is 0.292 e. The molecule has 1 aliphatic heterocycles. The predicted molar refractivity (Wildman–Crippen MR) is 106 cm³/mol. The number of rotatable bonds is 3. The van der Waals surface area contributed by atoms with Crippen molar-refractivity contribution < 1.29 is 9.53 Å². The van der Waals surface area contributed by atoms with Crippen molar-refractivity contribution in [1.29, 1.82) is 5.26 Å². The predicted octanol–water partition coefficient (Wildman–Crippen LogP) is 4.57. The molecular formula is C20H18N2O2S2. The molecule has 0 unspecified atom stereocenters. The molecule has 2 heterocycles. The van der Waals surface area contributed by atoms with Gasteiger partial charge in [-0.25, -0.2) is 0 Å². The van der Waals surface area contributed by atoms with Gasteiger partial charge in [-0.3, -0.25) is 4.79 Å². The SMILES string of the molecule is N#Cc1c(NC(=O)C2=C(c3ccccc3)SCCO2)sc2c1CCCC2. The van der Waals surface area contributed by atoms with Gasteiger partial charge in [-0.05, 0) is 36.8 Å². The molecule has 4 nitrogen and oxygen atoms in total. The number of benzene rings is 1. The number of amides is 1. The van der Waals surface area contributed by atoms with Gasteiger partial charge in [0, 0.05) is 10.6 Å². The molecule has 0 radical (unpaired) electrons. The molecule has 6 heteroatoms. The average Bonchev–Trinajstić information content (AvgIpc) is 3.05. The molecule has 1 aromatic heterocycles. The summed E-state index contributed by atoms with van der Waals surface area (Å²) < 4.78 is 5.72. The molecule has 0 saturated heterocycles. The molecule has 26 heavy (non-hydrogen) atoms. The minimum Gasteiger partial charge on any atom is -0.486 e. The summed E-state index contributed by atoms with van der Waals surface area (Å²) >= 11 is 3.17. The maximum absolute atomic E-state index is 12.9. The largest absolute Gasteiger partial charge is 0.486 e. The van der Waals surface area contributed by atoms with E-state index in [0.717, 1.165) is 47.5 Å². The molecule has 132 valence electrons. The highest BCUT2D eigenvalue weighted by Crippen LogP contribution is 2.39. The van der Waals surface area contributed by atoms with Gasteiger partial charge in [0.15, 0.2) is 5.76 Å². The van der Waals surface area contributed by atoms with E-state index in [1.165, 1.54) is 16.2 Å². The third kappa shape index (κ3) is 3.25. The summed E-state index contributed by atoms with van der Waals surface area (Å²) in [7, 11) is 0. The third-order valence-corrected chi connectivity index (χ3v) is 6.82. The number of hydrogen-bond donors (Lipinski definition) is 1. The summed E-state index contributed by atoms with van der Waals surface area (Å²) in [5, 5.41) is 13.2. The first-order valence-corrected chi connectivity index (χ1v) is 10.5. The van der Waals surface area contributed by atoms with E-state index >= 15 is 0 Å². The molecule has 1 aliphatic carbocycles. The smallest absolute Gasteiger partial charge is 0.292 e. The fourth-order valence-electron chi connectivity index (χ4n) is 3.32. The minimum absolute atomic E-state index is 0.272. The number of ether oxygens (including phenoxy) is 1. The van der Waals surface area contributed by atoms with Gasteiger partial charge in [-0.1, -0.05) is 30.3 Å². The first kappa shape index (κ1) is 17.2. The molecule has 1 amide bonds. The van der Waals surface area contributed by atoms with Gasteiger partial charge in [-0.2, -0.15) is 5.26 Å². The summed E-state index contributed by atoms with van der Waals surface area (Å²) in [6, 6.07) is 12.1. The zero-order valence-electron chi connectivity index (χ0n) is 14.2. The van der Waals surface area contributed by atoms with Gasteiger partial charge in [0.2, 0.25) is 0 Å². The molecular weight excluding hydrogens is 364 g/mol. The lowest BCUT2D eigenvalue weighted by Gasteiger charge is -2.20. The molecule has 1 aromatic carbocycles. The summed E-state index contributed by atoms with van der Waals surface area (Å²) in [5.74, 6) is 0.895. The standard InChI is InChI=1S/C20H18N2O2S2/c21-12-15-14-8-4-5-9-16(14)26-20(15)22-19(23)17-18(25-11-10-24-17)13-6-2-1-3-7-13/h1-3,6-7H,4-5,8-11H2,(H,22,23). The average molecular weight is 383 g/mol. The number of nitrogens with zero attached hydrogens (tertiary/aromatic N) is 1. The number of thioether (sulfide) groups is 1. The third-order valence-electron chi connectivity index (χ3n) is 4.53. The number of carbonyl (C=O) groups is 1. The van der Waals surface area contributed by atoms with E-state index < -0.39 is 0 Å². The Labute approximate surface area is 160 Å². The van der Waals surface area contributed by atoms with Gasteiger partial charge in [0.1, 0.15) is 11.1 Å². The number of carbonyl (C=O) groups excluding carboxylic acids is 1. The first-order chi connectivity index (χ1) is 12.8. The van der Waals surface area contributed by atoms with Crippen LogP contribution >= 0.6 is 23.1 Å². The van der Waals surface area contributed by atoms with Crippen molar-refractivity contribution >= 4 is 38.9 Å². The highest BCUT2D eigenvalue weighted by Gasteiger charge is 2.26. The van der Waals surface area contributed by atoms with E-state index in [4.69, 9.17) is 4.74 Å². The van der Waals surface area contributed by atoms with Crippen LogP contribution in [0.2, 0.25) is 0 Å². The van der Waals surface area contributed by atoms with Crippen molar-refractivity contribution in [1.82, 2.24) is 0 Å². The van der Waals surface area contributed by atoms with E-state index in [0.29, 0.717) is 22.9 Å². The van der Waals surface area contributed by atoms with Crippen LogP contribution in [0.1, 0.15) is 34.4 Å². The summed E-state index contributed by atoms with van der Waals surface area (Å²) in [6.45, 7) is 0.510. The van der Waals surface area contributed by atoms with Crippen LogP contribution in [0, 0.1) is 11.3 Å². The molecule has 1 N–H and O–H groups in total. The van der Waals surface area contributed by atoms with Crippen molar-refractivity contribution in [3.63, 3.8) is 0 Å². The Bertz CT molecular complexity index is 910. The Morgan fingerprint density at radius 2 is 2.00 bits per heavy atom. The van der Waals surface area contributed by atoms with Crippen LogP contribution in [0.3, 0.4) is 0 Å². The first-order valence-electron chi connectivity index (χ1n) is 8.69. The second-order valence-corrected chi connectivity index (χ2v) is 8.41. The number of nitriles is 1. The molecule has 0 fully saturated rings. The quantitative estimate of drug-likeness (QED) is 0.845. The Balaban J connectivity index is 1.66. The Morgan fingerprint density at radius 3 is 2.81 bits per heavy atom. The monoisotopic (exact) mass is 382 g/mol. The zero-order valence-corrected chi connectivity index (χ0v) is 15.8. The maximum atomic E-state index is 12.9. The molecule has 0 atom stereocenters. The van der Waals surface area contributed by atoms with Crippen molar-refractivity contribution in [3.05, 3.63) is 57.7 Å². The Morgan fingerprint density at radius 1 is 1.19 bits per heavy atom. The van der Waals surface area contributed by atoms with Crippen LogP contribution in [0.5, 0.6) is 0 Å². The summed E-state index contributed by atoms with van der Waals surface area (Å²) in [4.78, 5) is 15.0. The lowest BCUT2D eigenvalue weighted by Crippen LogP contribution is -2.21. The fraction of sp³-hybridized carbons (Fsp3) is 0.300. The van der Waals surface area contributed by atoms with Gasteiger partial charge < -0.3 is 10.1 Å². The number of thiophene rings is 1. The number of nitrogens with one attached hydrogen (secondary N) is 1. The van der Waals surface area contributed by atoms with Gasteiger partial charge >= 0.3 is 0 Å². The van der Waals surface area contributed by atoms with Crippen LogP contribution < -0.4 is 5.32 Å². The number of fused-ring (bicyclic) bond motifs is 1. The molecule has 0 bridgehead atoms. The topological polar surface area (TPSA) is 62.1 Å². The second-order valence-electron chi connectivity index (χ2n) is 6.20. The van der Waals surface area contributed by atoms with Crippen molar-refractivity contribution in [2.45, 2.75) is 25.7 Å². The van der Waals surface area contributed by atoms with Crippen LogP contribution in [0.4, 0.5) is 5.00 Å². The van der Waals surface area contributed by atoms with E-state index in [-0.39, 0.29) is 5.91 Å². The number of anilines is 1. The lowest BCUT2D eigenvalue weighted by atomic mass is 9.96. The molecule has 2 aliphatic rings. The minimum atomic E-state index is -0.272. The van der Waals surface area contributed by atoms with Crippen molar-refractivity contribution in [2.75, 3.05) is 17.7 Å². The van der Waals surface area contributed by atoms with Crippen molar-refractivity contribution in [2.24, 2.45) is 0 Å². The van der Waals surface area contributed by atoms with Gasteiger partial charge in [0.05, 0.1) is 17.1 Å². The van der Waals surface area contributed by atoms with E-state index in [1.807, 2.05) is 30.3 Å². The number of aryl methyl sites for hydroxylation is 1. The molecule has 4 rings (SSSR count). The van der Waals surface area contributed by atoms with Crippen LogP contribution in [0.25, 0.3) is 4.91 Å². The lowest BCUT2D eigenvalue weighted by molar-refractivity contribution is -0.115.